The number of carbonyl (C=O) groups is 1. The average molecular weight is 380 g/mol. The fourth-order valence-corrected chi connectivity index (χ4v) is 4.27. The molecule has 0 aromatic heterocycles. The molecular formula is C21H20N2O3S. The Morgan fingerprint density at radius 3 is 2.04 bits per heavy atom. The normalized spacial score (nSPS) is 11.0. The molecule has 1 amide bonds. The van der Waals surface area contributed by atoms with E-state index in [1.54, 1.807) is 85.8 Å². The van der Waals surface area contributed by atoms with E-state index in [0.29, 0.717) is 16.8 Å². The Labute approximate surface area is 159 Å². The van der Waals surface area contributed by atoms with Gasteiger partial charge in [-0.1, -0.05) is 54.1 Å². The Kier molecular flexibility index (Phi) is 5.28. The van der Waals surface area contributed by atoms with Gasteiger partial charge in [0.1, 0.15) is 0 Å². The van der Waals surface area contributed by atoms with Crippen molar-refractivity contribution in [2.45, 2.75) is 18.7 Å². The number of para-hydroxylation sites is 1. The predicted octanol–water partition coefficient (Wildman–Crippen LogP) is 3.84. The number of hydrogen-bond donors (Lipinski definition) is 1. The van der Waals surface area contributed by atoms with E-state index >= 15 is 0 Å². The lowest BCUT2D eigenvalue weighted by molar-refractivity contribution is 0.0955. The van der Waals surface area contributed by atoms with Crippen LogP contribution in [-0.2, 0) is 10.0 Å². The molecule has 6 heteroatoms. The molecule has 0 aliphatic heterocycles. The number of hydrogen-bond acceptors (Lipinski definition) is 3. The Morgan fingerprint density at radius 2 is 1.44 bits per heavy atom. The van der Waals surface area contributed by atoms with E-state index in [-0.39, 0.29) is 4.90 Å². The minimum absolute atomic E-state index is 0.144. The van der Waals surface area contributed by atoms with Crippen molar-refractivity contribution in [1.29, 1.82) is 0 Å². The highest BCUT2D eigenvalue weighted by Gasteiger charge is 2.28. The molecule has 3 aromatic carbocycles. The third-order valence-corrected chi connectivity index (χ3v) is 5.88. The Morgan fingerprint density at radius 1 is 0.852 bits per heavy atom. The van der Waals surface area contributed by atoms with Gasteiger partial charge in [0.2, 0.25) is 0 Å². The van der Waals surface area contributed by atoms with E-state index < -0.39 is 15.9 Å². The van der Waals surface area contributed by atoms with Crippen molar-refractivity contribution < 1.29 is 13.2 Å². The summed E-state index contributed by atoms with van der Waals surface area (Å²) in [6.07, 6.45) is 0. The zero-order valence-electron chi connectivity index (χ0n) is 15.1. The molecule has 0 atom stereocenters. The molecule has 3 rings (SSSR count). The first-order valence-electron chi connectivity index (χ1n) is 8.43. The minimum Gasteiger partial charge on any atom is -0.267 e. The van der Waals surface area contributed by atoms with Crippen molar-refractivity contribution in [1.82, 2.24) is 5.43 Å². The highest BCUT2D eigenvalue weighted by atomic mass is 32.2. The molecule has 0 saturated carbocycles. The van der Waals surface area contributed by atoms with Crippen LogP contribution >= 0.6 is 0 Å². The van der Waals surface area contributed by atoms with Crippen LogP contribution in [0.2, 0.25) is 0 Å². The first-order valence-corrected chi connectivity index (χ1v) is 9.87. The summed E-state index contributed by atoms with van der Waals surface area (Å²) in [6, 6.07) is 22.1. The lowest BCUT2D eigenvalue weighted by atomic mass is 10.2. The average Bonchev–Trinajstić information content (AvgIpc) is 2.67. The maximum Gasteiger partial charge on any atom is 0.282 e. The number of benzene rings is 3. The van der Waals surface area contributed by atoms with Crippen LogP contribution in [0.3, 0.4) is 0 Å². The summed E-state index contributed by atoms with van der Waals surface area (Å²) in [5.74, 6) is -0.507. The first-order chi connectivity index (χ1) is 12.9. The third-order valence-electron chi connectivity index (χ3n) is 4.08. The van der Waals surface area contributed by atoms with E-state index in [2.05, 4.69) is 5.43 Å². The molecule has 0 radical (unpaired) electrons. The van der Waals surface area contributed by atoms with Crippen molar-refractivity contribution in [3.63, 3.8) is 0 Å². The van der Waals surface area contributed by atoms with Gasteiger partial charge in [0, 0.05) is 5.56 Å². The standard InChI is InChI=1S/C21H20N2O3S/c1-16-13-14-20(17(2)15-16)27(25,26)23(19-11-7-4-8-12-19)22-21(24)18-9-5-3-6-10-18/h3-15H,1-2H3,(H,22,24). The van der Waals surface area contributed by atoms with E-state index in [1.807, 2.05) is 6.92 Å². The molecule has 138 valence electrons. The maximum absolute atomic E-state index is 13.3. The van der Waals surface area contributed by atoms with Gasteiger partial charge in [-0.2, -0.15) is 12.8 Å². The molecule has 0 aliphatic carbocycles. The second-order valence-electron chi connectivity index (χ2n) is 6.18. The van der Waals surface area contributed by atoms with Gasteiger partial charge >= 0.3 is 0 Å². The molecule has 0 fully saturated rings. The SMILES string of the molecule is Cc1ccc(S(=O)(=O)N(NC(=O)c2ccccc2)c2ccccc2)c(C)c1. The van der Waals surface area contributed by atoms with Crippen LogP contribution in [0.4, 0.5) is 5.69 Å². The zero-order valence-corrected chi connectivity index (χ0v) is 15.9. The second-order valence-corrected chi connectivity index (χ2v) is 7.94. The molecular weight excluding hydrogens is 360 g/mol. The molecule has 1 N–H and O–H groups in total. The number of sulfonamides is 1. The van der Waals surface area contributed by atoms with Gasteiger partial charge in [0.15, 0.2) is 0 Å². The van der Waals surface area contributed by atoms with Crippen molar-refractivity contribution in [3.05, 3.63) is 95.6 Å². The van der Waals surface area contributed by atoms with Crippen molar-refractivity contribution in [2.24, 2.45) is 0 Å². The molecule has 27 heavy (non-hydrogen) atoms. The van der Waals surface area contributed by atoms with E-state index in [4.69, 9.17) is 0 Å². The van der Waals surface area contributed by atoms with Crippen LogP contribution in [0.5, 0.6) is 0 Å². The van der Waals surface area contributed by atoms with E-state index in [1.165, 1.54) is 0 Å². The molecule has 3 aromatic rings. The van der Waals surface area contributed by atoms with E-state index in [9.17, 15) is 13.2 Å². The molecule has 5 nitrogen and oxygen atoms in total. The van der Waals surface area contributed by atoms with Crippen molar-refractivity contribution in [3.8, 4) is 0 Å². The number of amides is 1. The number of nitrogens with zero attached hydrogens (tertiary/aromatic N) is 1. The quantitative estimate of drug-likeness (QED) is 0.684. The zero-order chi connectivity index (χ0) is 19.4. The molecule has 0 heterocycles. The molecule has 0 aliphatic rings. The largest absolute Gasteiger partial charge is 0.282 e. The van der Waals surface area contributed by atoms with Crippen molar-refractivity contribution in [2.75, 3.05) is 4.41 Å². The molecule has 0 bridgehead atoms. The number of nitrogens with one attached hydrogen (secondary N) is 1. The monoisotopic (exact) mass is 380 g/mol. The number of aryl methyl sites for hydroxylation is 2. The van der Waals surface area contributed by atoms with Crippen LogP contribution < -0.4 is 9.84 Å². The smallest absolute Gasteiger partial charge is 0.267 e. The lowest BCUT2D eigenvalue weighted by Crippen LogP contribution is -2.46. The van der Waals surface area contributed by atoms with Gasteiger partial charge in [-0.15, -0.1) is 0 Å². The summed E-state index contributed by atoms with van der Waals surface area (Å²) >= 11 is 0. The number of rotatable bonds is 5. The Balaban J connectivity index is 2.06. The first kappa shape index (κ1) is 18.7. The third kappa shape index (κ3) is 4.01. The highest BCUT2D eigenvalue weighted by Crippen LogP contribution is 2.25. The maximum atomic E-state index is 13.3. The van der Waals surface area contributed by atoms with Gasteiger partial charge in [-0.3, -0.25) is 4.79 Å². The number of hydrazine groups is 1. The Hall–Kier alpha value is -3.12. The summed E-state index contributed by atoms with van der Waals surface area (Å²) in [5, 5.41) is 0. The van der Waals surface area contributed by atoms with Crippen LogP contribution in [0, 0.1) is 13.8 Å². The fourth-order valence-electron chi connectivity index (χ4n) is 2.76. The van der Waals surface area contributed by atoms with E-state index in [0.717, 1.165) is 9.98 Å². The second kappa shape index (κ2) is 7.63. The number of carbonyl (C=O) groups excluding carboxylic acids is 1. The molecule has 0 unspecified atom stereocenters. The van der Waals surface area contributed by atoms with Gasteiger partial charge < -0.3 is 0 Å². The Bertz CT molecular complexity index is 1050. The van der Waals surface area contributed by atoms with Gasteiger partial charge in [0.25, 0.3) is 15.9 Å². The van der Waals surface area contributed by atoms with Crippen LogP contribution in [0.1, 0.15) is 21.5 Å². The fraction of sp³-hybridized carbons (Fsp3) is 0.0952. The topological polar surface area (TPSA) is 66.5 Å². The van der Waals surface area contributed by atoms with Crippen LogP contribution in [0.15, 0.2) is 83.8 Å². The number of anilines is 1. The van der Waals surface area contributed by atoms with Crippen LogP contribution in [0.25, 0.3) is 0 Å². The van der Waals surface area contributed by atoms with Gasteiger partial charge in [-0.25, -0.2) is 5.43 Å². The summed E-state index contributed by atoms with van der Waals surface area (Å²) in [7, 11) is -4.00. The highest BCUT2D eigenvalue weighted by molar-refractivity contribution is 7.92. The van der Waals surface area contributed by atoms with Gasteiger partial charge in [-0.05, 0) is 49.7 Å². The molecule has 0 saturated heterocycles. The molecule has 0 spiro atoms. The lowest BCUT2D eigenvalue weighted by Gasteiger charge is -2.25. The predicted molar refractivity (Wildman–Crippen MR) is 106 cm³/mol. The summed E-state index contributed by atoms with van der Waals surface area (Å²) in [6.45, 7) is 3.64. The summed E-state index contributed by atoms with van der Waals surface area (Å²) in [5.41, 5.74) is 4.83. The minimum atomic E-state index is -4.00. The van der Waals surface area contributed by atoms with Crippen molar-refractivity contribution >= 4 is 21.6 Å². The van der Waals surface area contributed by atoms with Gasteiger partial charge in [0.05, 0.1) is 10.6 Å². The summed E-state index contributed by atoms with van der Waals surface area (Å²) in [4.78, 5) is 12.8. The van der Waals surface area contributed by atoms with Crippen LogP contribution in [-0.4, -0.2) is 14.3 Å². The summed E-state index contributed by atoms with van der Waals surface area (Å²) < 4.78 is 27.6.